The molecule has 0 spiro atoms. The minimum atomic E-state index is -1.74. The Morgan fingerprint density at radius 1 is 0.963 bits per heavy atom. The lowest BCUT2D eigenvalue weighted by atomic mass is 9.76. The van der Waals surface area contributed by atoms with E-state index in [2.05, 4.69) is 4.98 Å². The van der Waals surface area contributed by atoms with Crippen LogP contribution in [-0.2, 0) is 5.60 Å². The lowest BCUT2D eigenvalue weighted by Crippen LogP contribution is -2.41. The lowest BCUT2D eigenvalue weighted by molar-refractivity contribution is 0.0133. The van der Waals surface area contributed by atoms with E-state index in [4.69, 9.17) is 4.98 Å². The van der Waals surface area contributed by atoms with Crippen LogP contribution in [0, 0.1) is 0 Å². The first-order valence-electron chi connectivity index (χ1n) is 9.16. The van der Waals surface area contributed by atoms with Gasteiger partial charge in [-0.05, 0) is 45.2 Å². The lowest BCUT2D eigenvalue weighted by Gasteiger charge is -2.33. The molecule has 138 valence electrons. The van der Waals surface area contributed by atoms with Gasteiger partial charge < -0.3 is 10.2 Å². The van der Waals surface area contributed by atoms with E-state index in [0.717, 1.165) is 5.52 Å². The monoisotopic (exact) mass is 362 g/mol. The fourth-order valence-corrected chi connectivity index (χ4v) is 3.70. The van der Waals surface area contributed by atoms with Gasteiger partial charge in [-0.25, -0.2) is 9.97 Å². The predicted octanol–water partition coefficient (Wildman–Crippen LogP) is 3.62. The van der Waals surface area contributed by atoms with Crippen molar-refractivity contribution in [2.75, 3.05) is 0 Å². The Kier molecular flexibility index (Phi) is 4.09. The highest BCUT2D eigenvalue weighted by Crippen LogP contribution is 2.43. The number of Topliss-reactive ketones (excluding diaryl/α,β-unsaturated/α-hetero) is 1. The SMILES string of the molecule is CC(C)(O)CCCC1(O)C(=O)c2ccccc2-c2nc3ccccc3nc21. The second kappa shape index (κ2) is 6.22. The molecule has 1 aliphatic carbocycles. The molecule has 1 unspecified atom stereocenters. The van der Waals surface area contributed by atoms with E-state index in [-0.39, 0.29) is 12.2 Å². The number of hydrogen-bond acceptors (Lipinski definition) is 5. The molecular weight excluding hydrogens is 340 g/mol. The van der Waals surface area contributed by atoms with E-state index >= 15 is 0 Å². The average molecular weight is 362 g/mol. The van der Waals surface area contributed by atoms with Crippen molar-refractivity contribution in [2.45, 2.75) is 44.3 Å². The van der Waals surface area contributed by atoms with Gasteiger partial charge in [0.25, 0.3) is 0 Å². The molecule has 0 saturated carbocycles. The highest BCUT2D eigenvalue weighted by atomic mass is 16.3. The molecule has 0 fully saturated rings. The van der Waals surface area contributed by atoms with Gasteiger partial charge in [0.2, 0.25) is 5.78 Å². The summed E-state index contributed by atoms with van der Waals surface area (Å²) in [6.45, 7) is 3.44. The number of carbonyl (C=O) groups excluding carboxylic acids is 1. The van der Waals surface area contributed by atoms with Crippen molar-refractivity contribution in [1.29, 1.82) is 0 Å². The summed E-state index contributed by atoms with van der Waals surface area (Å²) in [5, 5.41) is 21.5. The molecule has 5 nitrogen and oxygen atoms in total. The largest absolute Gasteiger partial charge is 0.390 e. The number of carbonyl (C=O) groups is 1. The van der Waals surface area contributed by atoms with Crippen LogP contribution < -0.4 is 0 Å². The standard InChI is InChI=1S/C22H22N2O3/c1-21(2,26)12-7-13-22(27)19-18(14-8-3-4-9-15(14)20(22)25)23-16-10-5-6-11-17(16)24-19/h3-6,8-11,26-27H,7,12-13H2,1-2H3. The van der Waals surface area contributed by atoms with Crippen molar-refractivity contribution in [1.82, 2.24) is 9.97 Å². The Hall–Kier alpha value is -2.63. The van der Waals surface area contributed by atoms with E-state index in [9.17, 15) is 15.0 Å². The summed E-state index contributed by atoms with van der Waals surface area (Å²) in [6.07, 6.45) is 1.15. The van der Waals surface area contributed by atoms with Gasteiger partial charge in [0.1, 0.15) is 5.69 Å². The van der Waals surface area contributed by atoms with Gasteiger partial charge in [0, 0.05) is 11.1 Å². The van der Waals surface area contributed by atoms with Gasteiger partial charge in [0.15, 0.2) is 5.60 Å². The first kappa shape index (κ1) is 17.8. The Labute approximate surface area is 157 Å². The number of rotatable bonds is 4. The van der Waals surface area contributed by atoms with Crippen LogP contribution in [0.2, 0.25) is 0 Å². The van der Waals surface area contributed by atoms with Gasteiger partial charge in [-0.3, -0.25) is 4.79 Å². The van der Waals surface area contributed by atoms with Gasteiger partial charge in [-0.2, -0.15) is 0 Å². The molecule has 4 rings (SSSR count). The van der Waals surface area contributed by atoms with Crippen molar-refractivity contribution in [3.63, 3.8) is 0 Å². The summed E-state index contributed by atoms with van der Waals surface area (Å²) in [5.74, 6) is -0.356. The number of hydrogen-bond donors (Lipinski definition) is 2. The van der Waals surface area contributed by atoms with Crippen LogP contribution in [-0.4, -0.2) is 31.6 Å². The second-order valence-electron chi connectivity index (χ2n) is 7.81. The van der Waals surface area contributed by atoms with Crippen LogP contribution in [0.1, 0.15) is 49.2 Å². The molecule has 0 bridgehead atoms. The van der Waals surface area contributed by atoms with E-state index in [1.807, 2.05) is 36.4 Å². The maximum absolute atomic E-state index is 13.2. The number of para-hydroxylation sites is 2. The Morgan fingerprint density at radius 3 is 2.22 bits per heavy atom. The summed E-state index contributed by atoms with van der Waals surface area (Å²) < 4.78 is 0. The summed E-state index contributed by atoms with van der Waals surface area (Å²) in [7, 11) is 0. The molecule has 0 radical (unpaired) electrons. The molecule has 5 heteroatoms. The second-order valence-corrected chi connectivity index (χ2v) is 7.81. The van der Waals surface area contributed by atoms with Crippen molar-refractivity contribution >= 4 is 16.8 Å². The summed E-state index contributed by atoms with van der Waals surface area (Å²) in [5.41, 5.74) is 0.776. The molecular formula is C22H22N2O3. The summed E-state index contributed by atoms with van der Waals surface area (Å²) in [4.78, 5) is 22.6. The third-order valence-electron chi connectivity index (χ3n) is 5.09. The van der Waals surface area contributed by atoms with E-state index in [1.54, 1.807) is 26.0 Å². The molecule has 27 heavy (non-hydrogen) atoms. The first-order valence-corrected chi connectivity index (χ1v) is 9.16. The van der Waals surface area contributed by atoms with Crippen LogP contribution in [0.5, 0.6) is 0 Å². The number of ketones is 1. The molecule has 0 amide bonds. The number of aromatic nitrogens is 2. The zero-order valence-corrected chi connectivity index (χ0v) is 15.4. The Balaban J connectivity index is 1.89. The smallest absolute Gasteiger partial charge is 0.201 e. The van der Waals surface area contributed by atoms with E-state index < -0.39 is 11.2 Å². The molecule has 3 aromatic rings. The number of aliphatic hydroxyl groups is 2. The van der Waals surface area contributed by atoms with Crippen LogP contribution in [0.3, 0.4) is 0 Å². The minimum absolute atomic E-state index is 0.185. The number of nitrogens with zero attached hydrogens (tertiary/aromatic N) is 2. The van der Waals surface area contributed by atoms with Crippen molar-refractivity contribution in [3.05, 3.63) is 59.8 Å². The highest BCUT2D eigenvalue weighted by molar-refractivity contribution is 6.11. The molecule has 2 N–H and O–H groups in total. The molecule has 2 aromatic carbocycles. The highest BCUT2D eigenvalue weighted by Gasteiger charge is 2.46. The molecule has 0 saturated heterocycles. The Bertz CT molecular complexity index is 1040. The van der Waals surface area contributed by atoms with Crippen molar-refractivity contribution < 1.29 is 15.0 Å². The normalized spacial score (nSPS) is 19.0. The predicted molar refractivity (Wildman–Crippen MR) is 103 cm³/mol. The van der Waals surface area contributed by atoms with Gasteiger partial charge >= 0.3 is 0 Å². The maximum atomic E-state index is 13.2. The fourth-order valence-electron chi connectivity index (χ4n) is 3.70. The average Bonchev–Trinajstić information content (AvgIpc) is 2.64. The number of fused-ring (bicyclic) bond motifs is 4. The summed E-state index contributed by atoms with van der Waals surface area (Å²) in [6, 6.07) is 14.6. The van der Waals surface area contributed by atoms with Crippen molar-refractivity contribution in [2.24, 2.45) is 0 Å². The van der Waals surface area contributed by atoms with Crippen LogP contribution >= 0.6 is 0 Å². The van der Waals surface area contributed by atoms with Gasteiger partial charge in [-0.1, -0.05) is 36.4 Å². The first-order chi connectivity index (χ1) is 12.8. The maximum Gasteiger partial charge on any atom is 0.201 e. The van der Waals surface area contributed by atoms with E-state index in [0.29, 0.717) is 40.9 Å². The van der Waals surface area contributed by atoms with Gasteiger partial charge in [-0.15, -0.1) is 0 Å². The third-order valence-corrected chi connectivity index (χ3v) is 5.09. The zero-order valence-electron chi connectivity index (χ0n) is 15.4. The van der Waals surface area contributed by atoms with Crippen molar-refractivity contribution in [3.8, 4) is 11.3 Å². The quantitative estimate of drug-likeness (QED) is 0.741. The molecule has 1 aliphatic rings. The summed E-state index contributed by atoms with van der Waals surface area (Å²) >= 11 is 0. The van der Waals surface area contributed by atoms with Gasteiger partial charge in [0.05, 0.1) is 22.3 Å². The van der Waals surface area contributed by atoms with Crippen LogP contribution in [0.15, 0.2) is 48.5 Å². The Morgan fingerprint density at radius 2 is 1.56 bits per heavy atom. The van der Waals surface area contributed by atoms with Crippen LogP contribution in [0.4, 0.5) is 0 Å². The third kappa shape index (κ3) is 3.03. The minimum Gasteiger partial charge on any atom is -0.390 e. The zero-order chi connectivity index (χ0) is 19.2. The number of benzene rings is 2. The molecule has 0 aliphatic heterocycles. The molecule has 1 aromatic heterocycles. The topological polar surface area (TPSA) is 83.3 Å². The fraction of sp³-hybridized carbons (Fsp3) is 0.318. The molecule has 1 heterocycles. The van der Waals surface area contributed by atoms with Crippen LogP contribution in [0.25, 0.3) is 22.3 Å². The molecule has 1 atom stereocenters. The van der Waals surface area contributed by atoms with E-state index in [1.165, 1.54) is 0 Å².